The van der Waals surface area contributed by atoms with E-state index in [1.807, 2.05) is 0 Å². The maximum atomic E-state index is 10.7. The molecule has 0 radical (unpaired) electrons. The minimum atomic E-state index is -0.651. The van der Waals surface area contributed by atoms with Crippen molar-refractivity contribution in [2.24, 2.45) is 5.10 Å². The van der Waals surface area contributed by atoms with Gasteiger partial charge in [-0.25, -0.2) is 4.68 Å². The van der Waals surface area contributed by atoms with Crippen LogP contribution in [0, 0.1) is 24.0 Å². The Labute approximate surface area is 108 Å². The van der Waals surface area contributed by atoms with Gasteiger partial charge in [-0.2, -0.15) is 5.10 Å². The molecule has 0 bridgehead atoms. The third-order valence-electron chi connectivity index (χ3n) is 2.47. The van der Waals surface area contributed by atoms with E-state index in [-0.39, 0.29) is 11.4 Å². The van der Waals surface area contributed by atoms with Gasteiger partial charge in [0.1, 0.15) is 0 Å². The van der Waals surface area contributed by atoms with Crippen molar-refractivity contribution in [2.45, 2.75) is 13.8 Å². The minimum absolute atomic E-state index is 0.360. The fourth-order valence-corrected chi connectivity index (χ4v) is 1.52. The van der Waals surface area contributed by atoms with E-state index in [9.17, 15) is 15.2 Å². The summed E-state index contributed by atoms with van der Waals surface area (Å²) in [5, 5.41) is 31.8. The largest absolute Gasteiger partial charge is 0.502 e. The smallest absolute Gasteiger partial charge is 0.311 e. The van der Waals surface area contributed by atoms with Crippen molar-refractivity contribution < 1.29 is 10.0 Å². The molecule has 19 heavy (non-hydrogen) atoms. The Morgan fingerprint density at radius 3 is 2.58 bits per heavy atom. The molecule has 98 valence electrons. The van der Waals surface area contributed by atoms with Crippen LogP contribution in [0.5, 0.6) is 5.75 Å². The van der Waals surface area contributed by atoms with Gasteiger partial charge in [0.2, 0.25) is 0 Å². The van der Waals surface area contributed by atoms with Crippen LogP contribution in [0.25, 0.3) is 0 Å². The van der Waals surface area contributed by atoms with E-state index in [4.69, 9.17) is 0 Å². The van der Waals surface area contributed by atoms with Crippen molar-refractivity contribution in [3.63, 3.8) is 0 Å². The maximum Gasteiger partial charge on any atom is 0.311 e. The summed E-state index contributed by atoms with van der Waals surface area (Å²) in [4.78, 5) is 10.0. The van der Waals surface area contributed by atoms with Crippen molar-refractivity contribution in [3.05, 3.63) is 45.5 Å². The van der Waals surface area contributed by atoms with E-state index in [0.717, 1.165) is 0 Å². The van der Waals surface area contributed by atoms with Gasteiger partial charge in [0.25, 0.3) is 0 Å². The van der Waals surface area contributed by atoms with Crippen LogP contribution in [-0.4, -0.2) is 31.1 Å². The lowest BCUT2D eigenvalue weighted by Gasteiger charge is -1.99. The molecule has 0 unspecified atom stereocenters. The predicted molar refractivity (Wildman–Crippen MR) is 67.2 cm³/mol. The average Bonchev–Trinajstić information content (AvgIpc) is 2.68. The Balaban J connectivity index is 2.34. The first-order chi connectivity index (χ1) is 8.99. The molecule has 0 saturated carbocycles. The molecular formula is C11H11N5O3. The van der Waals surface area contributed by atoms with E-state index >= 15 is 0 Å². The van der Waals surface area contributed by atoms with Gasteiger partial charge < -0.3 is 5.11 Å². The van der Waals surface area contributed by atoms with E-state index in [1.165, 1.54) is 29.1 Å². The zero-order valence-corrected chi connectivity index (χ0v) is 10.3. The number of phenols is 1. The summed E-state index contributed by atoms with van der Waals surface area (Å²) in [6, 6.07) is 4.03. The number of benzene rings is 1. The second-order valence-corrected chi connectivity index (χ2v) is 3.86. The number of aromatic hydroxyl groups is 1. The molecule has 8 heteroatoms. The lowest BCUT2D eigenvalue weighted by Crippen LogP contribution is -1.97. The Bertz CT molecular complexity index is 643. The molecule has 1 aromatic carbocycles. The minimum Gasteiger partial charge on any atom is -0.502 e. The molecule has 8 nitrogen and oxygen atoms in total. The van der Waals surface area contributed by atoms with E-state index < -0.39 is 4.92 Å². The van der Waals surface area contributed by atoms with Crippen LogP contribution in [0.15, 0.2) is 23.3 Å². The van der Waals surface area contributed by atoms with Gasteiger partial charge in [0, 0.05) is 11.6 Å². The molecule has 0 spiro atoms. The van der Waals surface area contributed by atoms with E-state index in [1.54, 1.807) is 13.8 Å². The Morgan fingerprint density at radius 2 is 2.00 bits per heavy atom. The molecule has 0 saturated heterocycles. The number of nitro benzene ring substituents is 1. The Kier molecular flexibility index (Phi) is 3.23. The summed E-state index contributed by atoms with van der Waals surface area (Å²) in [5.74, 6) is 0.850. The van der Waals surface area contributed by atoms with Crippen LogP contribution < -0.4 is 0 Å². The highest BCUT2D eigenvalue weighted by Crippen LogP contribution is 2.25. The monoisotopic (exact) mass is 261 g/mol. The summed E-state index contributed by atoms with van der Waals surface area (Å²) in [5.41, 5.74) is 0.137. The molecule has 2 rings (SSSR count). The van der Waals surface area contributed by atoms with Gasteiger partial charge in [0.15, 0.2) is 17.4 Å². The van der Waals surface area contributed by atoms with Gasteiger partial charge in [-0.3, -0.25) is 10.1 Å². The average molecular weight is 261 g/mol. The van der Waals surface area contributed by atoms with Crippen molar-refractivity contribution in [3.8, 4) is 5.75 Å². The SMILES string of the molecule is Cc1nnc(C)n1/N=C/c1ccc(O)c([N+](=O)[O-])c1. The standard InChI is InChI=1S/C11H11N5O3/c1-7-13-14-8(2)15(7)12-6-9-3-4-11(17)10(5-9)16(18)19/h3-6,17H,1-2H3/b12-6+. The summed E-state index contributed by atoms with van der Waals surface area (Å²) < 4.78 is 1.51. The van der Waals surface area contributed by atoms with E-state index in [2.05, 4.69) is 15.3 Å². The van der Waals surface area contributed by atoms with Crippen LogP contribution in [0.4, 0.5) is 5.69 Å². The molecule has 0 amide bonds. The van der Waals surface area contributed by atoms with E-state index in [0.29, 0.717) is 17.2 Å². The van der Waals surface area contributed by atoms with Crippen LogP contribution in [0.1, 0.15) is 17.2 Å². The van der Waals surface area contributed by atoms with Gasteiger partial charge in [-0.1, -0.05) is 0 Å². The summed E-state index contributed by atoms with van der Waals surface area (Å²) >= 11 is 0. The number of hydrogen-bond acceptors (Lipinski definition) is 6. The predicted octanol–water partition coefficient (Wildman–Crippen LogP) is 1.39. The lowest BCUT2D eigenvalue weighted by atomic mass is 10.2. The zero-order valence-electron chi connectivity index (χ0n) is 10.3. The van der Waals surface area contributed by atoms with Gasteiger partial charge >= 0.3 is 5.69 Å². The second kappa shape index (κ2) is 4.84. The number of hydrogen-bond donors (Lipinski definition) is 1. The summed E-state index contributed by atoms with van der Waals surface area (Å²) in [6.07, 6.45) is 1.44. The maximum absolute atomic E-state index is 10.7. The second-order valence-electron chi connectivity index (χ2n) is 3.86. The van der Waals surface area contributed by atoms with Crippen molar-refractivity contribution in [1.29, 1.82) is 0 Å². The molecule has 0 atom stereocenters. The topological polar surface area (TPSA) is 106 Å². The summed E-state index contributed by atoms with van der Waals surface area (Å²) in [7, 11) is 0. The first kappa shape index (κ1) is 12.7. The molecule has 0 aliphatic heterocycles. The first-order valence-corrected chi connectivity index (χ1v) is 5.39. The normalized spacial score (nSPS) is 11.1. The van der Waals surface area contributed by atoms with Gasteiger partial charge in [-0.15, -0.1) is 10.2 Å². The third kappa shape index (κ3) is 2.57. The summed E-state index contributed by atoms with van der Waals surface area (Å²) in [6.45, 7) is 3.49. The molecule has 0 fully saturated rings. The van der Waals surface area contributed by atoms with Crippen LogP contribution in [-0.2, 0) is 0 Å². The van der Waals surface area contributed by atoms with Crippen molar-refractivity contribution in [1.82, 2.24) is 14.9 Å². The zero-order chi connectivity index (χ0) is 14.0. The molecule has 0 aliphatic rings. The van der Waals surface area contributed by atoms with Crippen LogP contribution in [0.3, 0.4) is 0 Å². The van der Waals surface area contributed by atoms with Gasteiger partial charge in [-0.05, 0) is 26.0 Å². The molecule has 2 aromatic rings. The fourth-order valence-electron chi connectivity index (χ4n) is 1.52. The highest BCUT2D eigenvalue weighted by molar-refractivity contribution is 5.81. The quantitative estimate of drug-likeness (QED) is 0.510. The Hall–Kier alpha value is -2.77. The fraction of sp³-hybridized carbons (Fsp3) is 0.182. The number of aromatic nitrogens is 3. The number of phenolic OH excluding ortho intramolecular Hbond substituents is 1. The highest BCUT2D eigenvalue weighted by atomic mass is 16.6. The van der Waals surface area contributed by atoms with Crippen molar-refractivity contribution >= 4 is 11.9 Å². The molecule has 0 aliphatic carbocycles. The Morgan fingerprint density at radius 1 is 1.37 bits per heavy atom. The van der Waals surface area contributed by atoms with Crippen molar-refractivity contribution in [2.75, 3.05) is 0 Å². The van der Waals surface area contributed by atoms with Gasteiger partial charge in [0.05, 0.1) is 11.1 Å². The lowest BCUT2D eigenvalue weighted by molar-refractivity contribution is -0.385. The third-order valence-corrected chi connectivity index (χ3v) is 2.47. The first-order valence-electron chi connectivity index (χ1n) is 5.39. The molecule has 1 heterocycles. The molecule has 1 N–H and O–H groups in total. The number of aryl methyl sites for hydroxylation is 2. The highest BCUT2D eigenvalue weighted by Gasteiger charge is 2.12. The number of nitro groups is 1. The molecule has 1 aromatic heterocycles. The number of nitrogens with zero attached hydrogens (tertiary/aromatic N) is 5. The van der Waals surface area contributed by atoms with Crippen LogP contribution >= 0.6 is 0 Å². The number of rotatable bonds is 3. The molecular weight excluding hydrogens is 250 g/mol. The van der Waals surface area contributed by atoms with Crippen LogP contribution in [0.2, 0.25) is 0 Å².